The van der Waals surface area contributed by atoms with Crippen molar-refractivity contribution in [2.45, 2.75) is 23.4 Å². The van der Waals surface area contributed by atoms with Gasteiger partial charge >= 0.3 is 12.1 Å². The van der Waals surface area contributed by atoms with Gasteiger partial charge in [-0.2, -0.15) is 17.5 Å². The predicted octanol–water partition coefficient (Wildman–Crippen LogP) is 2.40. The minimum Gasteiger partial charge on any atom is -0.496 e. The molecule has 2 aromatic rings. The average molecular weight is 538 g/mol. The number of nitrogens with one attached hydrogen (secondary N) is 1. The largest absolute Gasteiger partial charge is 0.496 e. The molecule has 0 spiro atoms. The molecule has 1 aliphatic heterocycles. The van der Waals surface area contributed by atoms with Crippen LogP contribution in [0.15, 0.2) is 46.0 Å². The van der Waals surface area contributed by atoms with E-state index in [1.54, 1.807) is 35.6 Å². The number of carbonyl (C=O) groups is 2. The molecule has 0 atom stereocenters. The molecule has 1 amide bonds. The maximum atomic E-state index is 13.1. The van der Waals surface area contributed by atoms with Crippen LogP contribution in [0, 0.1) is 0 Å². The number of sulfonamides is 1. The molecule has 14 heteroatoms. The number of benzene rings is 1. The summed E-state index contributed by atoms with van der Waals surface area (Å²) in [5, 5.41) is 12.1. The van der Waals surface area contributed by atoms with Crippen molar-refractivity contribution < 1.29 is 41.0 Å². The maximum Gasteiger partial charge on any atom is 0.490 e. The van der Waals surface area contributed by atoms with E-state index in [-0.39, 0.29) is 29.6 Å². The van der Waals surface area contributed by atoms with Crippen molar-refractivity contribution in [3.63, 3.8) is 0 Å². The lowest BCUT2D eigenvalue weighted by Crippen LogP contribution is -2.47. The highest BCUT2D eigenvalue weighted by molar-refractivity contribution is 7.91. The monoisotopic (exact) mass is 537 g/mol. The first-order valence-corrected chi connectivity index (χ1v) is 12.7. The van der Waals surface area contributed by atoms with Crippen LogP contribution in [-0.2, 0) is 26.2 Å². The lowest BCUT2D eigenvalue weighted by Gasteiger charge is -2.29. The van der Waals surface area contributed by atoms with Crippen LogP contribution in [0.4, 0.5) is 13.2 Å². The Hall–Kier alpha value is -2.68. The van der Waals surface area contributed by atoms with Gasteiger partial charge in [-0.3, -0.25) is 4.79 Å². The third kappa shape index (κ3) is 8.49. The molecule has 2 heterocycles. The Morgan fingerprint density at radius 1 is 1.17 bits per heavy atom. The smallest absolute Gasteiger partial charge is 0.490 e. The second kappa shape index (κ2) is 12.9. The standard InChI is InChI=1S/C19H25N3O4S2.C2HF3O2/c1-26-17-6-3-2-5-16(17)15-22(28(24,25)19-7-4-14-27-19)11-8-18(23)21-12-9-20-10-13-21;3-2(4,5)1(6)7/h2-7,14,20H,8-13,15H2,1H3;(H,6,7). The van der Waals surface area contributed by atoms with Gasteiger partial charge in [-0.05, 0) is 17.5 Å². The number of halogens is 3. The van der Waals surface area contributed by atoms with Gasteiger partial charge in [0.15, 0.2) is 0 Å². The van der Waals surface area contributed by atoms with Gasteiger partial charge in [0.1, 0.15) is 9.96 Å². The molecule has 194 valence electrons. The van der Waals surface area contributed by atoms with Crippen molar-refractivity contribution in [1.82, 2.24) is 14.5 Å². The Morgan fingerprint density at radius 2 is 1.80 bits per heavy atom. The highest BCUT2D eigenvalue weighted by Gasteiger charge is 2.38. The molecular formula is C21H26F3N3O6S2. The van der Waals surface area contributed by atoms with E-state index in [4.69, 9.17) is 14.6 Å². The van der Waals surface area contributed by atoms with Gasteiger partial charge in [0.2, 0.25) is 5.91 Å². The summed E-state index contributed by atoms with van der Waals surface area (Å²) in [7, 11) is -2.13. The van der Waals surface area contributed by atoms with Crippen LogP contribution in [0.2, 0.25) is 0 Å². The number of carbonyl (C=O) groups excluding carboxylic acids is 1. The number of ether oxygens (including phenoxy) is 1. The van der Waals surface area contributed by atoms with Gasteiger partial charge in [-0.1, -0.05) is 24.3 Å². The van der Waals surface area contributed by atoms with Crippen molar-refractivity contribution in [2.75, 3.05) is 39.8 Å². The molecule has 0 radical (unpaired) electrons. The summed E-state index contributed by atoms with van der Waals surface area (Å²) in [6.07, 6.45) is -4.93. The fraction of sp³-hybridized carbons (Fsp3) is 0.429. The quantitative estimate of drug-likeness (QED) is 0.531. The molecule has 35 heavy (non-hydrogen) atoms. The highest BCUT2D eigenvalue weighted by Crippen LogP contribution is 2.26. The molecule has 0 saturated carbocycles. The number of nitrogens with zero attached hydrogens (tertiary/aromatic N) is 2. The summed E-state index contributed by atoms with van der Waals surface area (Å²) in [6, 6.07) is 10.6. The van der Waals surface area contributed by atoms with Crippen molar-refractivity contribution >= 4 is 33.2 Å². The van der Waals surface area contributed by atoms with Crippen molar-refractivity contribution in [1.29, 1.82) is 0 Å². The van der Waals surface area contributed by atoms with Crippen molar-refractivity contribution in [3.05, 3.63) is 47.3 Å². The molecule has 1 fully saturated rings. The third-order valence-corrected chi connectivity index (χ3v) is 8.13. The summed E-state index contributed by atoms with van der Waals surface area (Å²) in [6.45, 7) is 3.13. The van der Waals surface area contributed by atoms with E-state index in [1.807, 2.05) is 18.2 Å². The zero-order valence-corrected chi connectivity index (χ0v) is 20.5. The number of methoxy groups -OCH3 is 1. The molecule has 9 nitrogen and oxygen atoms in total. The molecule has 0 unspecified atom stereocenters. The van der Waals surface area contributed by atoms with E-state index in [1.165, 1.54) is 15.6 Å². The number of amides is 1. The van der Waals surface area contributed by atoms with Crippen LogP contribution in [0.25, 0.3) is 0 Å². The average Bonchev–Trinajstić information content (AvgIpc) is 3.38. The maximum absolute atomic E-state index is 13.1. The van der Waals surface area contributed by atoms with Gasteiger partial charge in [0.25, 0.3) is 10.0 Å². The number of aliphatic carboxylic acids is 1. The lowest BCUT2D eigenvalue weighted by molar-refractivity contribution is -0.192. The second-order valence-electron chi connectivity index (χ2n) is 7.27. The molecule has 0 bridgehead atoms. The summed E-state index contributed by atoms with van der Waals surface area (Å²) in [4.78, 5) is 23.2. The van der Waals surface area contributed by atoms with Gasteiger partial charge in [0.05, 0.1) is 7.11 Å². The number of carboxylic acids is 1. The van der Waals surface area contributed by atoms with Crippen LogP contribution in [0.5, 0.6) is 5.75 Å². The van der Waals surface area contributed by atoms with E-state index in [0.717, 1.165) is 18.7 Å². The van der Waals surface area contributed by atoms with E-state index in [0.29, 0.717) is 18.8 Å². The molecule has 3 rings (SSSR count). The number of piperazine rings is 1. The van der Waals surface area contributed by atoms with E-state index in [2.05, 4.69) is 5.32 Å². The van der Waals surface area contributed by atoms with Crippen LogP contribution >= 0.6 is 11.3 Å². The SMILES string of the molecule is COc1ccccc1CN(CCC(=O)N1CCNCC1)S(=O)(=O)c1cccs1.O=C(O)C(F)(F)F. The van der Waals surface area contributed by atoms with Gasteiger partial charge in [-0.25, -0.2) is 13.2 Å². The Labute approximate surface area is 205 Å². The normalized spacial score (nSPS) is 14.3. The molecule has 2 N–H and O–H groups in total. The first-order valence-electron chi connectivity index (χ1n) is 10.4. The first-order chi connectivity index (χ1) is 16.5. The minimum absolute atomic E-state index is 0.0205. The second-order valence-corrected chi connectivity index (χ2v) is 10.4. The van der Waals surface area contributed by atoms with Crippen LogP contribution in [0.3, 0.4) is 0 Å². The molecule has 1 aromatic carbocycles. The Bertz CT molecular complexity index is 1070. The summed E-state index contributed by atoms with van der Waals surface area (Å²) < 4.78 is 65.0. The molecule has 1 aromatic heterocycles. The first kappa shape index (κ1) is 28.6. The lowest BCUT2D eigenvalue weighted by atomic mass is 10.2. The summed E-state index contributed by atoms with van der Waals surface area (Å²) >= 11 is 1.18. The molecule has 1 aliphatic rings. The van der Waals surface area contributed by atoms with E-state index < -0.39 is 22.2 Å². The van der Waals surface area contributed by atoms with Crippen LogP contribution in [0.1, 0.15) is 12.0 Å². The number of hydrogen-bond acceptors (Lipinski definition) is 7. The highest BCUT2D eigenvalue weighted by atomic mass is 32.2. The Kier molecular flexibility index (Phi) is 10.5. The fourth-order valence-electron chi connectivity index (χ4n) is 3.14. The molecular weight excluding hydrogens is 511 g/mol. The Balaban J connectivity index is 0.000000540. The summed E-state index contributed by atoms with van der Waals surface area (Å²) in [5.74, 6) is -2.15. The molecule has 1 saturated heterocycles. The van der Waals surface area contributed by atoms with Gasteiger partial charge < -0.3 is 20.1 Å². The van der Waals surface area contributed by atoms with Gasteiger partial charge in [0, 0.05) is 51.3 Å². The Morgan fingerprint density at radius 3 is 2.34 bits per heavy atom. The minimum atomic E-state index is -5.08. The number of thiophene rings is 1. The topological polar surface area (TPSA) is 116 Å². The number of carboxylic acid groups (broad SMARTS) is 1. The summed E-state index contributed by atoms with van der Waals surface area (Å²) in [5.41, 5.74) is 0.764. The zero-order chi connectivity index (χ0) is 26.1. The van der Waals surface area contributed by atoms with E-state index in [9.17, 15) is 26.4 Å². The third-order valence-electron chi connectivity index (χ3n) is 4.92. The fourth-order valence-corrected chi connectivity index (χ4v) is 5.70. The van der Waals surface area contributed by atoms with Crippen molar-refractivity contribution in [2.24, 2.45) is 0 Å². The van der Waals surface area contributed by atoms with Crippen molar-refractivity contribution in [3.8, 4) is 5.75 Å². The number of alkyl halides is 3. The zero-order valence-electron chi connectivity index (χ0n) is 18.8. The van der Waals surface area contributed by atoms with Crippen LogP contribution < -0.4 is 10.1 Å². The van der Waals surface area contributed by atoms with Gasteiger partial charge in [-0.15, -0.1) is 11.3 Å². The number of hydrogen-bond donors (Lipinski definition) is 2. The van der Waals surface area contributed by atoms with E-state index >= 15 is 0 Å². The number of para-hydroxylation sites is 1. The predicted molar refractivity (Wildman–Crippen MR) is 123 cm³/mol. The number of rotatable bonds is 8. The molecule has 0 aliphatic carbocycles. The van der Waals surface area contributed by atoms with Crippen LogP contribution in [-0.4, -0.2) is 80.6 Å².